The molecule has 1 heterocycles. The normalized spacial score (nSPS) is 17.2. The Hall–Kier alpha value is -1.98. The number of halogens is 2. The summed E-state index contributed by atoms with van der Waals surface area (Å²) in [5.41, 5.74) is 0.370. The van der Waals surface area contributed by atoms with Gasteiger partial charge in [-0.15, -0.1) is 0 Å². The zero-order valence-electron chi connectivity index (χ0n) is 9.04. The second-order valence-electron chi connectivity index (χ2n) is 3.77. The summed E-state index contributed by atoms with van der Waals surface area (Å²) >= 11 is 0. The van der Waals surface area contributed by atoms with Crippen molar-refractivity contribution in [1.29, 1.82) is 0 Å². The smallest absolute Gasteiger partial charge is 0.325 e. The Kier molecular flexibility index (Phi) is 2.79. The van der Waals surface area contributed by atoms with Crippen LogP contribution in [0.5, 0.6) is 0 Å². The summed E-state index contributed by atoms with van der Waals surface area (Å²) in [6, 6.07) is 2.16. The monoisotopic (exact) mass is 240 g/mol. The highest BCUT2D eigenvalue weighted by atomic mass is 19.2. The quantitative estimate of drug-likeness (QED) is 0.798. The van der Waals surface area contributed by atoms with Crippen LogP contribution in [0, 0.1) is 11.6 Å². The molecule has 0 radical (unpaired) electrons. The van der Waals surface area contributed by atoms with Gasteiger partial charge in [-0.05, 0) is 24.6 Å². The van der Waals surface area contributed by atoms with Crippen LogP contribution >= 0.6 is 0 Å². The first kappa shape index (κ1) is 11.5. The van der Waals surface area contributed by atoms with E-state index in [-0.39, 0.29) is 12.5 Å². The summed E-state index contributed by atoms with van der Waals surface area (Å²) in [6.45, 7) is 1.52. The standard InChI is InChI=1S/C11H10F2N2O2/c1-6(15-10(16)5-14-11(15)17)7-2-3-8(12)9(13)4-7/h2-4,6H,5H2,1H3,(H,14,17). The maximum atomic E-state index is 13.0. The molecule has 0 aromatic heterocycles. The van der Waals surface area contributed by atoms with Crippen molar-refractivity contribution in [2.75, 3.05) is 6.54 Å². The summed E-state index contributed by atoms with van der Waals surface area (Å²) in [7, 11) is 0. The second kappa shape index (κ2) is 4.12. The molecule has 0 spiro atoms. The highest BCUT2D eigenvalue weighted by Gasteiger charge is 2.33. The van der Waals surface area contributed by atoms with Crippen LogP contribution in [0.1, 0.15) is 18.5 Å². The number of nitrogens with zero attached hydrogens (tertiary/aromatic N) is 1. The zero-order chi connectivity index (χ0) is 12.6. The van der Waals surface area contributed by atoms with Crippen LogP contribution in [-0.4, -0.2) is 23.4 Å². The molecule has 1 aliphatic heterocycles. The molecular weight excluding hydrogens is 230 g/mol. The minimum Gasteiger partial charge on any atom is -0.329 e. The molecule has 2 rings (SSSR count). The Balaban J connectivity index is 2.30. The third kappa shape index (κ3) is 1.98. The lowest BCUT2D eigenvalue weighted by atomic mass is 10.1. The molecule has 0 saturated carbocycles. The molecule has 0 bridgehead atoms. The Morgan fingerprint density at radius 2 is 2.00 bits per heavy atom. The van der Waals surface area contributed by atoms with Crippen LogP contribution in [0.3, 0.4) is 0 Å². The third-order valence-corrected chi connectivity index (χ3v) is 2.69. The predicted octanol–water partition coefficient (Wildman–Crippen LogP) is 1.58. The van der Waals surface area contributed by atoms with Crippen LogP contribution in [0.25, 0.3) is 0 Å². The van der Waals surface area contributed by atoms with Gasteiger partial charge in [-0.1, -0.05) is 6.07 Å². The number of benzene rings is 1. The second-order valence-corrected chi connectivity index (χ2v) is 3.77. The first-order valence-corrected chi connectivity index (χ1v) is 5.05. The number of amides is 3. The molecule has 1 aliphatic rings. The largest absolute Gasteiger partial charge is 0.329 e. The summed E-state index contributed by atoms with van der Waals surface area (Å²) < 4.78 is 25.8. The van der Waals surface area contributed by atoms with E-state index in [1.54, 1.807) is 6.92 Å². The van der Waals surface area contributed by atoms with Crippen LogP contribution in [0.4, 0.5) is 13.6 Å². The SMILES string of the molecule is CC(c1ccc(F)c(F)c1)N1C(=O)CNC1=O. The molecule has 90 valence electrons. The number of rotatable bonds is 2. The van der Waals surface area contributed by atoms with E-state index >= 15 is 0 Å². The molecule has 1 atom stereocenters. The first-order chi connectivity index (χ1) is 8.00. The average Bonchev–Trinajstić information content (AvgIpc) is 2.62. The molecule has 1 fully saturated rings. The number of imide groups is 1. The average molecular weight is 240 g/mol. The number of hydrogen-bond donors (Lipinski definition) is 1. The lowest BCUT2D eigenvalue weighted by molar-refractivity contribution is -0.126. The lowest BCUT2D eigenvalue weighted by Gasteiger charge is -2.21. The molecule has 4 nitrogen and oxygen atoms in total. The van der Waals surface area contributed by atoms with E-state index in [9.17, 15) is 18.4 Å². The number of hydrogen-bond acceptors (Lipinski definition) is 2. The first-order valence-electron chi connectivity index (χ1n) is 5.05. The van der Waals surface area contributed by atoms with Gasteiger partial charge in [0.2, 0.25) is 0 Å². The highest BCUT2D eigenvalue weighted by Crippen LogP contribution is 2.23. The molecule has 17 heavy (non-hydrogen) atoms. The van der Waals surface area contributed by atoms with Crippen molar-refractivity contribution in [3.05, 3.63) is 35.4 Å². The number of carbonyl (C=O) groups is 2. The van der Waals surface area contributed by atoms with Gasteiger partial charge in [-0.3, -0.25) is 9.69 Å². The van der Waals surface area contributed by atoms with Gasteiger partial charge < -0.3 is 5.32 Å². The molecule has 1 aromatic rings. The van der Waals surface area contributed by atoms with E-state index in [0.29, 0.717) is 5.56 Å². The summed E-state index contributed by atoms with van der Waals surface area (Å²) in [5, 5.41) is 2.37. The lowest BCUT2D eigenvalue weighted by Crippen LogP contribution is -2.33. The fourth-order valence-electron chi connectivity index (χ4n) is 1.75. The molecular formula is C11H10F2N2O2. The van der Waals surface area contributed by atoms with Crippen molar-refractivity contribution in [1.82, 2.24) is 10.2 Å². The van der Waals surface area contributed by atoms with E-state index in [2.05, 4.69) is 5.32 Å². The van der Waals surface area contributed by atoms with Crippen molar-refractivity contribution >= 4 is 11.9 Å². The van der Waals surface area contributed by atoms with Crippen LogP contribution in [-0.2, 0) is 4.79 Å². The van der Waals surface area contributed by atoms with Gasteiger partial charge in [0.05, 0.1) is 12.6 Å². The third-order valence-electron chi connectivity index (χ3n) is 2.69. The molecule has 3 amide bonds. The topological polar surface area (TPSA) is 49.4 Å². The summed E-state index contributed by atoms with van der Waals surface area (Å²) in [4.78, 5) is 23.8. The molecule has 1 unspecified atom stereocenters. The Morgan fingerprint density at radius 1 is 1.29 bits per heavy atom. The molecule has 1 N–H and O–H groups in total. The fraction of sp³-hybridized carbons (Fsp3) is 0.273. The number of carbonyl (C=O) groups excluding carboxylic acids is 2. The molecule has 1 aromatic carbocycles. The molecule has 6 heteroatoms. The minimum absolute atomic E-state index is 0.0626. The Labute approximate surface area is 96.2 Å². The van der Waals surface area contributed by atoms with Crippen molar-refractivity contribution in [2.24, 2.45) is 0 Å². The van der Waals surface area contributed by atoms with Crippen LogP contribution in [0.15, 0.2) is 18.2 Å². The van der Waals surface area contributed by atoms with Gasteiger partial charge >= 0.3 is 6.03 Å². The van der Waals surface area contributed by atoms with Crippen molar-refractivity contribution in [3.8, 4) is 0 Å². The maximum absolute atomic E-state index is 13.0. The highest BCUT2D eigenvalue weighted by molar-refractivity contribution is 6.02. The predicted molar refractivity (Wildman–Crippen MR) is 55.0 cm³/mol. The van der Waals surface area contributed by atoms with Crippen LogP contribution in [0.2, 0.25) is 0 Å². The van der Waals surface area contributed by atoms with Gasteiger partial charge in [0.15, 0.2) is 11.6 Å². The van der Waals surface area contributed by atoms with E-state index in [1.165, 1.54) is 6.07 Å². The zero-order valence-corrected chi connectivity index (χ0v) is 9.04. The maximum Gasteiger partial charge on any atom is 0.325 e. The van der Waals surface area contributed by atoms with Gasteiger partial charge in [-0.25, -0.2) is 13.6 Å². The fourth-order valence-corrected chi connectivity index (χ4v) is 1.75. The molecule has 1 saturated heterocycles. The van der Waals surface area contributed by atoms with Crippen molar-refractivity contribution < 1.29 is 18.4 Å². The van der Waals surface area contributed by atoms with E-state index in [4.69, 9.17) is 0 Å². The van der Waals surface area contributed by atoms with E-state index in [0.717, 1.165) is 17.0 Å². The number of urea groups is 1. The number of nitrogens with one attached hydrogen (secondary N) is 1. The van der Waals surface area contributed by atoms with Gasteiger partial charge in [0, 0.05) is 0 Å². The van der Waals surface area contributed by atoms with Gasteiger partial charge in [0.1, 0.15) is 0 Å². The summed E-state index contributed by atoms with van der Waals surface area (Å²) in [6.07, 6.45) is 0. The van der Waals surface area contributed by atoms with Crippen molar-refractivity contribution in [2.45, 2.75) is 13.0 Å². The van der Waals surface area contributed by atoms with Gasteiger partial charge in [0.25, 0.3) is 5.91 Å². The van der Waals surface area contributed by atoms with Gasteiger partial charge in [-0.2, -0.15) is 0 Å². The van der Waals surface area contributed by atoms with Crippen molar-refractivity contribution in [3.63, 3.8) is 0 Å². The Bertz CT molecular complexity index is 474. The van der Waals surface area contributed by atoms with Crippen LogP contribution < -0.4 is 5.32 Å². The Morgan fingerprint density at radius 3 is 2.53 bits per heavy atom. The van der Waals surface area contributed by atoms with E-state index in [1.807, 2.05) is 0 Å². The van der Waals surface area contributed by atoms with E-state index < -0.39 is 23.7 Å². The summed E-state index contributed by atoms with van der Waals surface area (Å²) in [5.74, 6) is -2.34. The molecule has 0 aliphatic carbocycles. The minimum atomic E-state index is -0.999.